The number of thiol groups is 1. The van der Waals surface area contributed by atoms with Crippen LogP contribution in [0.1, 0.15) is 32.1 Å². The molecule has 0 amide bonds. The third-order valence-corrected chi connectivity index (χ3v) is 3.61. The van der Waals surface area contributed by atoms with Crippen LogP contribution in [0.15, 0.2) is 0 Å². The first-order chi connectivity index (χ1) is 4.81. The zero-order valence-electron chi connectivity index (χ0n) is 6.34. The van der Waals surface area contributed by atoms with Crippen molar-refractivity contribution in [3.8, 4) is 0 Å². The predicted molar refractivity (Wildman–Crippen MR) is 46.1 cm³/mol. The van der Waals surface area contributed by atoms with Crippen LogP contribution in [0.25, 0.3) is 0 Å². The minimum absolute atomic E-state index is 0.791. The van der Waals surface area contributed by atoms with Gasteiger partial charge in [0.1, 0.15) is 0 Å². The molecule has 0 radical (unpaired) electrons. The second-order valence-corrected chi connectivity index (χ2v) is 4.37. The summed E-state index contributed by atoms with van der Waals surface area (Å²) in [5, 5.41) is 0. The van der Waals surface area contributed by atoms with Gasteiger partial charge in [-0.15, -0.1) is 0 Å². The minimum atomic E-state index is 0.791. The Hall–Kier alpha value is 0.310. The predicted octanol–water partition coefficient (Wildman–Crippen LogP) is 2.10. The molecule has 1 heterocycles. The van der Waals surface area contributed by atoms with Crippen molar-refractivity contribution in [2.24, 2.45) is 5.41 Å². The first-order valence-electron chi connectivity index (χ1n) is 4.25. The highest BCUT2D eigenvalue weighted by atomic mass is 32.1. The van der Waals surface area contributed by atoms with E-state index < -0.39 is 0 Å². The molecular weight excluding hydrogens is 142 g/mol. The van der Waals surface area contributed by atoms with Crippen molar-refractivity contribution in [2.45, 2.75) is 32.1 Å². The molecule has 0 bridgehead atoms. The summed E-state index contributed by atoms with van der Waals surface area (Å²) < 4.78 is 2.16. The van der Waals surface area contributed by atoms with Gasteiger partial charge in [0, 0.05) is 13.1 Å². The molecule has 2 aliphatic rings. The van der Waals surface area contributed by atoms with Gasteiger partial charge in [0.05, 0.1) is 0 Å². The Kier molecular flexibility index (Phi) is 1.69. The SMILES string of the molecule is SN1CCC2(CCC2)CC1. The Labute approximate surface area is 68.3 Å². The standard InChI is InChI=1S/C8H15NS/c10-9-6-4-8(5-7-9)2-1-3-8/h10H,1-7H2. The lowest BCUT2D eigenvalue weighted by Crippen LogP contribution is -2.40. The summed E-state index contributed by atoms with van der Waals surface area (Å²) in [7, 11) is 0. The van der Waals surface area contributed by atoms with Crippen molar-refractivity contribution < 1.29 is 0 Å². The molecule has 1 saturated heterocycles. The highest BCUT2D eigenvalue weighted by Crippen LogP contribution is 2.48. The Morgan fingerprint density at radius 3 is 2.00 bits per heavy atom. The number of rotatable bonds is 0. The fourth-order valence-corrected chi connectivity index (χ4v) is 2.35. The Bertz CT molecular complexity index is 121. The molecule has 10 heavy (non-hydrogen) atoms. The second kappa shape index (κ2) is 2.42. The number of hydrogen-bond acceptors (Lipinski definition) is 2. The van der Waals surface area contributed by atoms with Gasteiger partial charge < -0.3 is 0 Å². The molecule has 0 N–H and O–H groups in total. The fraction of sp³-hybridized carbons (Fsp3) is 1.00. The van der Waals surface area contributed by atoms with Crippen LogP contribution in [0.5, 0.6) is 0 Å². The molecule has 1 saturated carbocycles. The lowest BCUT2D eigenvalue weighted by atomic mass is 9.63. The summed E-state index contributed by atoms with van der Waals surface area (Å²) in [4.78, 5) is 0. The molecule has 0 aromatic rings. The van der Waals surface area contributed by atoms with Crippen molar-refractivity contribution in [3.05, 3.63) is 0 Å². The molecule has 0 aromatic heterocycles. The van der Waals surface area contributed by atoms with Crippen LogP contribution < -0.4 is 0 Å². The van der Waals surface area contributed by atoms with Gasteiger partial charge in [0.15, 0.2) is 0 Å². The zero-order valence-corrected chi connectivity index (χ0v) is 7.24. The van der Waals surface area contributed by atoms with Crippen LogP contribution in [0.4, 0.5) is 0 Å². The van der Waals surface area contributed by atoms with E-state index in [2.05, 4.69) is 17.1 Å². The van der Waals surface area contributed by atoms with Crippen molar-refractivity contribution in [3.63, 3.8) is 0 Å². The molecule has 0 atom stereocenters. The van der Waals surface area contributed by atoms with Gasteiger partial charge >= 0.3 is 0 Å². The molecule has 1 nitrogen and oxygen atoms in total. The van der Waals surface area contributed by atoms with Crippen LogP contribution in [0.2, 0.25) is 0 Å². The second-order valence-electron chi connectivity index (χ2n) is 3.81. The Morgan fingerprint density at radius 2 is 1.60 bits per heavy atom. The maximum absolute atomic E-state index is 4.34. The highest BCUT2D eigenvalue weighted by Gasteiger charge is 2.38. The van der Waals surface area contributed by atoms with E-state index in [4.69, 9.17) is 0 Å². The smallest absolute Gasteiger partial charge is 0.00922 e. The molecule has 1 spiro atoms. The van der Waals surface area contributed by atoms with Crippen molar-refractivity contribution >= 4 is 12.8 Å². The van der Waals surface area contributed by atoms with Crippen LogP contribution in [0, 0.1) is 5.41 Å². The first kappa shape index (κ1) is 6.99. The van der Waals surface area contributed by atoms with E-state index in [9.17, 15) is 0 Å². The number of piperidine rings is 1. The van der Waals surface area contributed by atoms with E-state index in [1.165, 1.54) is 45.2 Å². The van der Waals surface area contributed by atoms with Gasteiger partial charge in [0.2, 0.25) is 0 Å². The maximum atomic E-state index is 4.34. The molecule has 2 rings (SSSR count). The van der Waals surface area contributed by atoms with Gasteiger partial charge in [-0.05, 0) is 31.1 Å². The normalized spacial score (nSPS) is 32.1. The molecule has 1 aliphatic carbocycles. The summed E-state index contributed by atoms with van der Waals surface area (Å²) in [5.74, 6) is 0. The van der Waals surface area contributed by atoms with E-state index in [0.29, 0.717) is 0 Å². The molecule has 58 valence electrons. The monoisotopic (exact) mass is 157 g/mol. The van der Waals surface area contributed by atoms with Crippen LogP contribution >= 0.6 is 12.8 Å². The molecule has 0 unspecified atom stereocenters. The molecule has 2 heteroatoms. The molecule has 2 fully saturated rings. The zero-order chi connectivity index (χ0) is 7.03. The summed E-state index contributed by atoms with van der Waals surface area (Å²) >= 11 is 4.34. The fourth-order valence-electron chi connectivity index (χ4n) is 2.15. The lowest BCUT2D eigenvalue weighted by Gasteiger charge is -2.46. The van der Waals surface area contributed by atoms with E-state index >= 15 is 0 Å². The Balaban J connectivity index is 1.90. The van der Waals surface area contributed by atoms with Gasteiger partial charge in [-0.3, -0.25) is 4.31 Å². The summed E-state index contributed by atoms with van der Waals surface area (Å²) in [5.41, 5.74) is 0.791. The topological polar surface area (TPSA) is 3.24 Å². The molecular formula is C8H15NS. The first-order valence-corrected chi connectivity index (χ1v) is 4.65. The summed E-state index contributed by atoms with van der Waals surface area (Å²) in [6.45, 7) is 2.42. The van der Waals surface area contributed by atoms with Crippen molar-refractivity contribution in [2.75, 3.05) is 13.1 Å². The van der Waals surface area contributed by atoms with Gasteiger partial charge in [-0.1, -0.05) is 19.2 Å². The van der Waals surface area contributed by atoms with Gasteiger partial charge in [0.25, 0.3) is 0 Å². The van der Waals surface area contributed by atoms with Crippen LogP contribution in [0.3, 0.4) is 0 Å². The maximum Gasteiger partial charge on any atom is 0.00922 e. The number of nitrogens with zero attached hydrogens (tertiary/aromatic N) is 1. The van der Waals surface area contributed by atoms with Gasteiger partial charge in [-0.25, -0.2) is 0 Å². The van der Waals surface area contributed by atoms with Crippen LogP contribution in [-0.4, -0.2) is 17.4 Å². The lowest BCUT2D eigenvalue weighted by molar-refractivity contribution is 0.0645. The summed E-state index contributed by atoms with van der Waals surface area (Å²) in [6, 6.07) is 0. The number of hydrogen-bond donors (Lipinski definition) is 1. The van der Waals surface area contributed by atoms with Gasteiger partial charge in [-0.2, -0.15) is 0 Å². The van der Waals surface area contributed by atoms with E-state index in [1.54, 1.807) is 0 Å². The average molecular weight is 157 g/mol. The summed E-state index contributed by atoms with van der Waals surface area (Å²) in [6.07, 6.45) is 7.27. The van der Waals surface area contributed by atoms with Crippen LogP contribution in [-0.2, 0) is 0 Å². The quantitative estimate of drug-likeness (QED) is 0.527. The minimum Gasteiger partial charge on any atom is -0.253 e. The largest absolute Gasteiger partial charge is 0.253 e. The Morgan fingerprint density at radius 1 is 1.00 bits per heavy atom. The van der Waals surface area contributed by atoms with E-state index in [-0.39, 0.29) is 0 Å². The molecule has 1 aliphatic heterocycles. The van der Waals surface area contributed by atoms with E-state index in [1.807, 2.05) is 0 Å². The van der Waals surface area contributed by atoms with E-state index in [0.717, 1.165) is 5.41 Å². The van der Waals surface area contributed by atoms with Crippen molar-refractivity contribution in [1.82, 2.24) is 4.31 Å². The molecule has 0 aromatic carbocycles. The van der Waals surface area contributed by atoms with Crippen molar-refractivity contribution in [1.29, 1.82) is 0 Å². The average Bonchev–Trinajstić information content (AvgIpc) is 1.86. The third kappa shape index (κ3) is 1.08. The third-order valence-electron chi connectivity index (χ3n) is 3.21. The highest BCUT2D eigenvalue weighted by molar-refractivity contribution is 7.77.